The van der Waals surface area contributed by atoms with Gasteiger partial charge in [0.2, 0.25) is 0 Å². The van der Waals surface area contributed by atoms with Gasteiger partial charge in [-0.2, -0.15) is 4.79 Å². The quantitative estimate of drug-likeness (QED) is 0.278. The van der Waals surface area contributed by atoms with Crippen LogP contribution in [0.4, 0.5) is 0 Å². The van der Waals surface area contributed by atoms with E-state index in [1.165, 1.54) is 0 Å². The van der Waals surface area contributed by atoms with Gasteiger partial charge in [-0.3, -0.25) is 0 Å². The number of halogens is 3. The van der Waals surface area contributed by atoms with Gasteiger partial charge in [-0.15, -0.1) is 0 Å². The van der Waals surface area contributed by atoms with Crippen LogP contribution in [0.15, 0.2) is 22.4 Å². The van der Waals surface area contributed by atoms with Crippen LogP contribution in [-0.4, -0.2) is 15.6 Å². The Hall–Kier alpha value is 0.153. The van der Waals surface area contributed by atoms with Crippen LogP contribution < -0.4 is 24.8 Å². The Morgan fingerprint density at radius 3 is 2.33 bits per heavy atom. The van der Waals surface area contributed by atoms with Gasteiger partial charge in [-0.25, -0.2) is 0 Å². The first-order valence-electron chi connectivity index (χ1n) is 3.57. The maximum Gasteiger partial charge on any atom is 2.00 e. The zero-order chi connectivity index (χ0) is 9.30. The third-order valence-electron chi connectivity index (χ3n) is 1.89. The van der Waals surface area contributed by atoms with Crippen molar-refractivity contribution in [2.24, 2.45) is 5.92 Å². The maximum absolute atomic E-state index is 9.31. The molecule has 0 fully saturated rings. The Morgan fingerprint density at radius 1 is 1.47 bits per heavy atom. The van der Waals surface area contributed by atoms with Crippen LogP contribution in [0.1, 0.15) is 13.8 Å². The van der Waals surface area contributed by atoms with Gasteiger partial charge in [0.15, 0.2) is 0 Å². The molecule has 1 unspecified atom stereocenters. The van der Waals surface area contributed by atoms with Crippen molar-refractivity contribution >= 4 is 17.3 Å². The largest absolute Gasteiger partial charge is 2.00 e. The standard InChI is InChI=1S/C8H9ClN2O.2ClH.Zn/c1-4-3-6(12)5(2)7(9)8(4)11-10;;;/h3-4,12H,1-2H3;2*1H;/q;;;+2/p-2. The van der Waals surface area contributed by atoms with E-state index >= 15 is 0 Å². The average molecular weight is 321 g/mol. The molecule has 1 rings (SSSR count). The van der Waals surface area contributed by atoms with Crippen LogP contribution in [0.25, 0.3) is 5.53 Å². The third-order valence-corrected chi connectivity index (χ3v) is 2.36. The van der Waals surface area contributed by atoms with Crippen molar-refractivity contribution in [2.45, 2.75) is 13.8 Å². The summed E-state index contributed by atoms with van der Waals surface area (Å²) in [6, 6.07) is 0. The second-order valence-corrected chi connectivity index (χ2v) is 3.14. The fourth-order valence-electron chi connectivity index (χ4n) is 1.08. The van der Waals surface area contributed by atoms with Gasteiger partial charge in [0.25, 0.3) is 0 Å². The Labute approximate surface area is 119 Å². The summed E-state index contributed by atoms with van der Waals surface area (Å²) >= 11 is 5.81. The fraction of sp³-hybridized carbons (Fsp3) is 0.375. The molecule has 3 nitrogen and oxygen atoms in total. The number of rotatable bonds is 0. The second-order valence-electron chi connectivity index (χ2n) is 2.76. The first-order valence-corrected chi connectivity index (χ1v) is 3.95. The molecule has 80 valence electrons. The predicted molar refractivity (Wildman–Crippen MR) is 47.1 cm³/mol. The van der Waals surface area contributed by atoms with Gasteiger partial charge in [0.05, 0.1) is 5.92 Å². The van der Waals surface area contributed by atoms with E-state index in [2.05, 4.69) is 4.79 Å². The molecule has 0 saturated carbocycles. The molecule has 0 heterocycles. The van der Waals surface area contributed by atoms with Crippen LogP contribution in [0, 0.1) is 5.92 Å². The van der Waals surface area contributed by atoms with E-state index in [4.69, 9.17) is 17.1 Å². The van der Waals surface area contributed by atoms with Crippen LogP contribution >= 0.6 is 11.6 Å². The summed E-state index contributed by atoms with van der Waals surface area (Å²) in [7, 11) is 0. The Morgan fingerprint density at radius 2 is 1.93 bits per heavy atom. The van der Waals surface area contributed by atoms with Crippen molar-refractivity contribution < 1.29 is 54.2 Å². The molecular formula is C8H9Cl3N2OZn. The topological polar surface area (TPSA) is 56.6 Å². The summed E-state index contributed by atoms with van der Waals surface area (Å²) in [4.78, 5) is 3.07. The first-order chi connectivity index (χ1) is 5.57. The molecule has 15 heavy (non-hydrogen) atoms. The molecule has 1 atom stereocenters. The van der Waals surface area contributed by atoms with Gasteiger partial charge in [0.1, 0.15) is 10.8 Å². The number of nitrogens with zero attached hydrogens (tertiary/aromatic N) is 2. The predicted octanol–water partition coefficient (Wildman–Crippen LogP) is -3.73. The van der Waals surface area contributed by atoms with Gasteiger partial charge >= 0.3 is 25.2 Å². The summed E-state index contributed by atoms with van der Waals surface area (Å²) in [6.45, 7) is 3.46. The smallest absolute Gasteiger partial charge is 1.00 e. The normalized spacial score (nSPS) is 19.0. The van der Waals surface area contributed by atoms with Crippen LogP contribution in [-0.2, 0) is 19.5 Å². The van der Waals surface area contributed by atoms with Crippen LogP contribution in [0.5, 0.6) is 0 Å². The molecule has 0 amide bonds. The van der Waals surface area contributed by atoms with E-state index in [1.54, 1.807) is 19.9 Å². The minimum absolute atomic E-state index is 0. The summed E-state index contributed by atoms with van der Waals surface area (Å²) in [5, 5.41) is 9.64. The average Bonchev–Trinajstić information content (AvgIpc) is 2.01. The zero-order valence-electron chi connectivity index (χ0n) is 8.34. The van der Waals surface area contributed by atoms with Crippen molar-refractivity contribution in [1.29, 1.82) is 0 Å². The molecule has 0 aromatic rings. The van der Waals surface area contributed by atoms with E-state index in [1.807, 2.05) is 0 Å². The van der Waals surface area contributed by atoms with E-state index in [9.17, 15) is 5.11 Å². The Balaban J connectivity index is -0.000000480. The van der Waals surface area contributed by atoms with Gasteiger partial charge in [-0.1, -0.05) is 11.6 Å². The van der Waals surface area contributed by atoms with Crippen molar-refractivity contribution in [2.75, 3.05) is 0 Å². The molecule has 1 aliphatic carbocycles. The van der Waals surface area contributed by atoms with E-state index < -0.39 is 0 Å². The van der Waals surface area contributed by atoms with Gasteiger partial charge in [-0.05, 0) is 19.9 Å². The molecule has 0 bridgehead atoms. The van der Waals surface area contributed by atoms with E-state index in [0.29, 0.717) is 16.3 Å². The molecule has 1 N–H and O–H groups in total. The van der Waals surface area contributed by atoms with Crippen molar-refractivity contribution in [3.63, 3.8) is 0 Å². The molecular weight excluding hydrogens is 312 g/mol. The Kier molecular flexibility index (Phi) is 11.4. The zero-order valence-corrected chi connectivity index (χ0v) is 13.6. The summed E-state index contributed by atoms with van der Waals surface area (Å²) < 4.78 is 0. The monoisotopic (exact) mass is 318 g/mol. The number of aliphatic hydroxyl groups excluding tert-OH is 1. The molecule has 0 radical (unpaired) electrons. The van der Waals surface area contributed by atoms with Crippen LogP contribution in [0.3, 0.4) is 0 Å². The third kappa shape index (κ3) is 4.26. The SMILES string of the molecule is CC1=C(Cl)C(=[N+]=[N-])C(C)C=C1O.[Cl-].[Cl-].[Zn+2]. The van der Waals surface area contributed by atoms with Crippen LogP contribution in [0.2, 0.25) is 0 Å². The van der Waals surface area contributed by atoms with Crippen molar-refractivity contribution in [3.05, 3.63) is 28.0 Å². The minimum atomic E-state index is -0.147. The second kappa shape index (κ2) is 8.32. The van der Waals surface area contributed by atoms with Gasteiger partial charge in [0, 0.05) is 5.57 Å². The molecule has 0 spiro atoms. The molecule has 0 aromatic heterocycles. The van der Waals surface area contributed by atoms with E-state index in [-0.39, 0.29) is 56.0 Å². The fourth-order valence-corrected chi connectivity index (χ4v) is 1.39. The summed E-state index contributed by atoms with van der Waals surface area (Å²) in [6.07, 6.45) is 1.59. The number of aliphatic hydroxyl groups is 1. The Bertz CT molecular complexity index is 335. The summed E-state index contributed by atoms with van der Waals surface area (Å²) in [5.74, 6) is 0.00565. The van der Waals surface area contributed by atoms with Crippen molar-refractivity contribution in [1.82, 2.24) is 0 Å². The number of hydrogen-bond acceptors (Lipinski definition) is 1. The molecule has 0 aliphatic heterocycles. The first kappa shape index (κ1) is 20.6. The maximum atomic E-state index is 9.31. The molecule has 7 heteroatoms. The summed E-state index contributed by atoms with van der Waals surface area (Å²) in [5.41, 5.74) is 9.53. The van der Waals surface area contributed by atoms with Gasteiger partial charge < -0.3 is 35.5 Å². The van der Waals surface area contributed by atoms with E-state index in [0.717, 1.165) is 0 Å². The van der Waals surface area contributed by atoms with Crippen molar-refractivity contribution in [3.8, 4) is 0 Å². The minimum Gasteiger partial charge on any atom is -1.00 e. The number of hydrogen-bond donors (Lipinski definition) is 1. The molecule has 0 saturated heterocycles. The molecule has 1 aliphatic rings. The number of allylic oxidation sites excluding steroid dienone is 3. The molecule has 0 aromatic carbocycles.